The number of nitrogens with one attached hydrogen (secondary N) is 1. The van der Waals surface area contributed by atoms with Gasteiger partial charge in [-0.3, -0.25) is 4.72 Å². The molecule has 0 aliphatic rings. The molecular weight excluding hydrogens is 386 g/mol. The maximum absolute atomic E-state index is 12.9. The van der Waals surface area contributed by atoms with Crippen molar-refractivity contribution in [3.63, 3.8) is 0 Å². The molecule has 19 heavy (non-hydrogen) atoms. The van der Waals surface area contributed by atoms with E-state index in [2.05, 4.69) is 9.88 Å². The molecule has 0 aliphatic heterocycles. The second kappa shape index (κ2) is 5.45. The highest BCUT2D eigenvalue weighted by Crippen LogP contribution is 2.21. The standard InChI is InChI=1S/C11H10FIN2O3S/c1-7-4-9(14-18-7)6-19(16,17)15-11-3-2-8(12)5-10(11)13/h2-5,15H,6H2,1H3. The van der Waals surface area contributed by atoms with E-state index in [1.807, 2.05) is 22.6 Å². The molecule has 102 valence electrons. The Bertz CT molecular complexity index is 700. The number of aromatic nitrogens is 1. The summed E-state index contributed by atoms with van der Waals surface area (Å²) in [6.45, 7) is 1.68. The molecule has 0 spiro atoms. The second-order valence-corrected chi connectivity index (χ2v) is 6.80. The first-order valence-electron chi connectivity index (χ1n) is 5.23. The molecule has 1 heterocycles. The van der Waals surface area contributed by atoms with Crippen molar-refractivity contribution in [2.45, 2.75) is 12.7 Å². The van der Waals surface area contributed by atoms with Crippen LogP contribution in [0, 0.1) is 16.3 Å². The molecule has 0 aliphatic carbocycles. The quantitative estimate of drug-likeness (QED) is 0.807. The minimum absolute atomic E-state index is 0.294. The number of aryl methyl sites for hydroxylation is 1. The van der Waals surface area contributed by atoms with Gasteiger partial charge in [0.05, 0.1) is 5.69 Å². The third-order valence-electron chi connectivity index (χ3n) is 2.21. The van der Waals surface area contributed by atoms with E-state index < -0.39 is 15.8 Å². The van der Waals surface area contributed by atoms with Crippen molar-refractivity contribution < 1.29 is 17.3 Å². The Labute approximate surface area is 123 Å². The maximum atomic E-state index is 12.9. The van der Waals surface area contributed by atoms with Gasteiger partial charge in [-0.25, -0.2) is 12.8 Å². The van der Waals surface area contributed by atoms with Gasteiger partial charge < -0.3 is 4.52 Å². The molecule has 0 atom stereocenters. The van der Waals surface area contributed by atoms with Crippen LogP contribution >= 0.6 is 22.6 Å². The predicted molar refractivity (Wildman–Crippen MR) is 76.6 cm³/mol. The number of benzene rings is 1. The Morgan fingerprint density at radius 3 is 2.74 bits per heavy atom. The summed E-state index contributed by atoms with van der Waals surface area (Å²) in [7, 11) is -3.61. The molecule has 0 bridgehead atoms. The van der Waals surface area contributed by atoms with E-state index in [1.54, 1.807) is 13.0 Å². The van der Waals surface area contributed by atoms with Crippen molar-refractivity contribution in [2.24, 2.45) is 0 Å². The number of hydrogen-bond donors (Lipinski definition) is 1. The van der Waals surface area contributed by atoms with Crippen LogP contribution in [-0.2, 0) is 15.8 Å². The van der Waals surface area contributed by atoms with Crippen molar-refractivity contribution in [1.29, 1.82) is 0 Å². The van der Waals surface area contributed by atoms with Gasteiger partial charge in [-0.2, -0.15) is 0 Å². The maximum Gasteiger partial charge on any atom is 0.238 e. The number of halogens is 2. The van der Waals surface area contributed by atoms with Gasteiger partial charge in [-0.05, 0) is 47.7 Å². The van der Waals surface area contributed by atoms with E-state index in [9.17, 15) is 12.8 Å². The molecule has 1 aromatic carbocycles. The highest BCUT2D eigenvalue weighted by atomic mass is 127. The highest BCUT2D eigenvalue weighted by molar-refractivity contribution is 14.1. The minimum Gasteiger partial charge on any atom is -0.361 e. The van der Waals surface area contributed by atoms with Crippen molar-refractivity contribution in [1.82, 2.24) is 5.16 Å². The summed E-state index contributed by atoms with van der Waals surface area (Å²) >= 11 is 1.86. The lowest BCUT2D eigenvalue weighted by atomic mass is 10.3. The second-order valence-electron chi connectivity index (χ2n) is 3.91. The molecule has 0 saturated carbocycles. The lowest BCUT2D eigenvalue weighted by Gasteiger charge is -2.08. The van der Waals surface area contributed by atoms with Crippen LogP contribution in [0.5, 0.6) is 0 Å². The van der Waals surface area contributed by atoms with Gasteiger partial charge in [0.1, 0.15) is 23.0 Å². The molecular formula is C11H10FIN2O3S. The average molecular weight is 396 g/mol. The zero-order valence-corrected chi connectivity index (χ0v) is 12.8. The number of anilines is 1. The fourth-order valence-corrected chi connectivity index (χ4v) is 3.36. The lowest BCUT2D eigenvalue weighted by Crippen LogP contribution is -2.16. The van der Waals surface area contributed by atoms with E-state index in [0.717, 1.165) is 0 Å². The molecule has 1 aromatic heterocycles. The van der Waals surface area contributed by atoms with Gasteiger partial charge in [0.2, 0.25) is 10.0 Å². The largest absolute Gasteiger partial charge is 0.361 e. The third kappa shape index (κ3) is 3.90. The van der Waals surface area contributed by atoms with Crippen LogP contribution < -0.4 is 4.72 Å². The monoisotopic (exact) mass is 396 g/mol. The minimum atomic E-state index is -3.61. The first-order chi connectivity index (χ1) is 8.85. The summed E-state index contributed by atoms with van der Waals surface area (Å²) in [4.78, 5) is 0. The van der Waals surface area contributed by atoms with E-state index in [1.165, 1.54) is 18.2 Å². The van der Waals surface area contributed by atoms with Gasteiger partial charge in [-0.1, -0.05) is 5.16 Å². The summed E-state index contributed by atoms with van der Waals surface area (Å²) in [5.41, 5.74) is 0.657. The zero-order valence-electron chi connectivity index (χ0n) is 9.85. The molecule has 0 radical (unpaired) electrons. The topological polar surface area (TPSA) is 72.2 Å². The molecule has 2 aromatic rings. The Kier molecular flexibility index (Phi) is 4.09. The summed E-state index contributed by atoms with van der Waals surface area (Å²) in [6, 6.07) is 5.37. The number of sulfonamides is 1. The highest BCUT2D eigenvalue weighted by Gasteiger charge is 2.16. The van der Waals surface area contributed by atoms with Crippen molar-refractivity contribution >= 4 is 38.3 Å². The van der Waals surface area contributed by atoms with Crippen molar-refractivity contribution in [3.05, 3.63) is 45.1 Å². The SMILES string of the molecule is Cc1cc(CS(=O)(=O)Nc2ccc(F)cc2I)no1. The van der Waals surface area contributed by atoms with Gasteiger partial charge >= 0.3 is 0 Å². The molecule has 2 rings (SSSR count). The van der Waals surface area contributed by atoms with Crippen LogP contribution in [0.25, 0.3) is 0 Å². The third-order valence-corrected chi connectivity index (χ3v) is 4.31. The van der Waals surface area contributed by atoms with Crippen LogP contribution in [0.4, 0.5) is 10.1 Å². The van der Waals surface area contributed by atoms with E-state index in [0.29, 0.717) is 20.7 Å². The molecule has 0 saturated heterocycles. The first kappa shape index (κ1) is 14.3. The van der Waals surface area contributed by atoms with Crippen molar-refractivity contribution in [3.8, 4) is 0 Å². The van der Waals surface area contributed by atoms with Crippen LogP contribution in [0.3, 0.4) is 0 Å². The Morgan fingerprint density at radius 2 is 2.16 bits per heavy atom. The molecule has 0 unspecified atom stereocenters. The van der Waals surface area contributed by atoms with Crippen LogP contribution in [0.2, 0.25) is 0 Å². The van der Waals surface area contributed by atoms with Gasteiger partial charge in [0.25, 0.3) is 0 Å². The smallest absolute Gasteiger partial charge is 0.238 e. The number of rotatable bonds is 4. The number of hydrogen-bond acceptors (Lipinski definition) is 4. The van der Waals surface area contributed by atoms with Gasteiger partial charge in [0, 0.05) is 9.64 Å². The normalized spacial score (nSPS) is 11.5. The molecule has 0 fully saturated rings. The fourth-order valence-electron chi connectivity index (χ4n) is 1.46. The predicted octanol–water partition coefficient (Wildman–Crippen LogP) is 2.67. The lowest BCUT2D eigenvalue weighted by molar-refractivity contribution is 0.392. The van der Waals surface area contributed by atoms with Crippen LogP contribution in [0.1, 0.15) is 11.5 Å². The van der Waals surface area contributed by atoms with Crippen molar-refractivity contribution in [2.75, 3.05) is 4.72 Å². The molecule has 0 amide bonds. The number of nitrogens with zero attached hydrogens (tertiary/aromatic N) is 1. The molecule has 5 nitrogen and oxygen atoms in total. The summed E-state index contributed by atoms with van der Waals surface area (Å²) < 4.78 is 44.5. The summed E-state index contributed by atoms with van der Waals surface area (Å²) in [5, 5.41) is 3.62. The Hall–Kier alpha value is -1.16. The zero-order chi connectivity index (χ0) is 14.0. The van der Waals surface area contributed by atoms with E-state index >= 15 is 0 Å². The van der Waals surface area contributed by atoms with Gasteiger partial charge in [0.15, 0.2) is 0 Å². The van der Waals surface area contributed by atoms with E-state index in [4.69, 9.17) is 4.52 Å². The Morgan fingerprint density at radius 1 is 1.42 bits per heavy atom. The first-order valence-corrected chi connectivity index (χ1v) is 7.96. The molecule has 1 N–H and O–H groups in total. The molecule has 8 heteroatoms. The summed E-state index contributed by atoms with van der Waals surface area (Å²) in [6.07, 6.45) is 0. The van der Waals surface area contributed by atoms with E-state index in [-0.39, 0.29) is 5.75 Å². The van der Waals surface area contributed by atoms with Crippen LogP contribution in [-0.4, -0.2) is 13.6 Å². The fraction of sp³-hybridized carbons (Fsp3) is 0.182. The van der Waals surface area contributed by atoms with Gasteiger partial charge in [-0.15, -0.1) is 0 Å². The average Bonchev–Trinajstić information content (AvgIpc) is 2.67. The Balaban J connectivity index is 2.17. The summed E-state index contributed by atoms with van der Waals surface area (Å²) in [5.74, 6) is -0.168. The van der Waals surface area contributed by atoms with Crippen LogP contribution in [0.15, 0.2) is 28.8 Å².